The van der Waals surface area contributed by atoms with Gasteiger partial charge in [0.1, 0.15) is 0 Å². The van der Waals surface area contributed by atoms with E-state index in [-0.39, 0.29) is 35.7 Å². The molecule has 0 saturated carbocycles. The molecule has 5 nitrogen and oxygen atoms in total. The van der Waals surface area contributed by atoms with Gasteiger partial charge in [-0.2, -0.15) is 0 Å². The van der Waals surface area contributed by atoms with Gasteiger partial charge in [-0.05, 0) is 25.8 Å². The molecule has 1 aliphatic rings. The van der Waals surface area contributed by atoms with Crippen LogP contribution in [0.4, 0.5) is 0 Å². The first-order valence-electron chi connectivity index (χ1n) is 7.18. The lowest BCUT2D eigenvalue weighted by Crippen LogP contribution is -2.45. The highest BCUT2D eigenvalue weighted by atomic mass is 35.5. The molecule has 0 aliphatic carbocycles. The van der Waals surface area contributed by atoms with Crippen LogP contribution in [0.15, 0.2) is 0 Å². The summed E-state index contributed by atoms with van der Waals surface area (Å²) in [7, 11) is 0. The normalized spacial score (nSPS) is 18.9. The number of hydrogen-bond donors (Lipinski definition) is 3. The van der Waals surface area contributed by atoms with Crippen molar-refractivity contribution in [2.75, 3.05) is 19.6 Å². The number of hydrogen-bond acceptors (Lipinski definition) is 3. The highest BCUT2D eigenvalue weighted by molar-refractivity contribution is 5.85. The van der Waals surface area contributed by atoms with Crippen LogP contribution in [0, 0.1) is 5.41 Å². The molecule has 1 fully saturated rings. The van der Waals surface area contributed by atoms with Crippen LogP contribution in [0.2, 0.25) is 0 Å². The van der Waals surface area contributed by atoms with Crippen molar-refractivity contribution >= 4 is 24.2 Å². The molecular weight excluding hydrogens is 278 g/mol. The Morgan fingerprint density at radius 2 is 2.00 bits per heavy atom. The van der Waals surface area contributed by atoms with Crippen molar-refractivity contribution in [2.24, 2.45) is 5.41 Å². The standard InChI is InChI=1S/C14H27N3O2.ClH/c1-14(2,3)13(19)16-9-5-7-12(18)17-11-6-4-8-15-10-11;/h11,15H,4-10H2,1-3H3,(H,16,19)(H,17,18);1H. The van der Waals surface area contributed by atoms with Crippen LogP contribution in [-0.2, 0) is 9.59 Å². The summed E-state index contributed by atoms with van der Waals surface area (Å²) in [5, 5.41) is 9.14. The summed E-state index contributed by atoms with van der Waals surface area (Å²) in [5.74, 6) is 0.114. The number of halogens is 1. The van der Waals surface area contributed by atoms with Gasteiger partial charge in [-0.25, -0.2) is 0 Å². The maximum absolute atomic E-state index is 11.7. The molecule has 1 saturated heterocycles. The van der Waals surface area contributed by atoms with E-state index in [2.05, 4.69) is 16.0 Å². The first-order valence-corrected chi connectivity index (χ1v) is 7.18. The van der Waals surface area contributed by atoms with Gasteiger partial charge in [0.05, 0.1) is 0 Å². The largest absolute Gasteiger partial charge is 0.356 e. The van der Waals surface area contributed by atoms with Crippen molar-refractivity contribution in [3.63, 3.8) is 0 Å². The molecule has 0 spiro atoms. The van der Waals surface area contributed by atoms with Crippen LogP contribution in [0.1, 0.15) is 46.5 Å². The number of carbonyl (C=O) groups is 2. The zero-order chi connectivity index (χ0) is 14.3. The molecule has 1 unspecified atom stereocenters. The van der Waals surface area contributed by atoms with Crippen molar-refractivity contribution in [2.45, 2.75) is 52.5 Å². The number of piperidine rings is 1. The number of nitrogens with one attached hydrogen (secondary N) is 3. The predicted octanol–water partition coefficient (Wildman–Crippen LogP) is 1.22. The monoisotopic (exact) mass is 305 g/mol. The predicted molar refractivity (Wildman–Crippen MR) is 83.0 cm³/mol. The summed E-state index contributed by atoms with van der Waals surface area (Å²) in [6.07, 6.45) is 3.33. The number of amides is 2. The quantitative estimate of drug-likeness (QED) is 0.669. The van der Waals surface area contributed by atoms with E-state index in [1.807, 2.05) is 20.8 Å². The van der Waals surface area contributed by atoms with Crippen molar-refractivity contribution in [3.05, 3.63) is 0 Å². The molecule has 6 heteroatoms. The third-order valence-electron chi connectivity index (χ3n) is 3.21. The molecule has 0 radical (unpaired) electrons. The maximum atomic E-state index is 11.7. The molecule has 118 valence electrons. The molecule has 0 bridgehead atoms. The fourth-order valence-electron chi connectivity index (χ4n) is 1.99. The average Bonchev–Trinajstić information content (AvgIpc) is 2.34. The van der Waals surface area contributed by atoms with E-state index in [9.17, 15) is 9.59 Å². The van der Waals surface area contributed by atoms with E-state index in [1.165, 1.54) is 0 Å². The van der Waals surface area contributed by atoms with Crippen molar-refractivity contribution < 1.29 is 9.59 Å². The van der Waals surface area contributed by atoms with Gasteiger partial charge in [0.25, 0.3) is 0 Å². The number of rotatable bonds is 5. The lowest BCUT2D eigenvalue weighted by Gasteiger charge is -2.23. The van der Waals surface area contributed by atoms with E-state index >= 15 is 0 Å². The highest BCUT2D eigenvalue weighted by Gasteiger charge is 2.20. The minimum Gasteiger partial charge on any atom is -0.356 e. The van der Waals surface area contributed by atoms with Crippen molar-refractivity contribution in [1.29, 1.82) is 0 Å². The van der Waals surface area contributed by atoms with Gasteiger partial charge in [0, 0.05) is 31.0 Å². The van der Waals surface area contributed by atoms with Crippen LogP contribution >= 0.6 is 12.4 Å². The summed E-state index contributed by atoms with van der Waals surface area (Å²) in [6, 6.07) is 0.269. The molecule has 0 aromatic heterocycles. The fourth-order valence-corrected chi connectivity index (χ4v) is 1.99. The van der Waals surface area contributed by atoms with Gasteiger partial charge in [0.15, 0.2) is 0 Å². The minimum atomic E-state index is -0.365. The van der Waals surface area contributed by atoms with Crippen LogP contribution < -0.4 is 16.0 Å². The molecule has 3 N–H and O–H groups in total. The fraction of sp³-hybridized carbons (Fsp3) is 0.857. The Hall–Kier alpha value is -0.810. The zero-order valence-electron chi connectivity index (χ0n) is 12.8. The van der Waals surface area contributed by atoms with Gasteiger partial charge >= 0.3 is 0 Å². The highest BCUT2D eigenvalue weighted by Crippen LogP contribution is 2.12. The molecular formula is C14H28ClN3O2. The summed E-state index contributed by atoms with van der Waals surface area (Å²) in [5.41, 5.74) is -0.365. The Balaban J connectivity index is 0.00000361. The second-order valence-electron chi connectivity index (χ2n) is 6.22. The molecule has 1 atom stereocenters. The van der Waals surface area contributed by atoms with Crippen molar-refractivity contribution in [1.82, 2.24) is 16.0 Å². The van der Waals surface area contributed by atoms with Gasteiger partial charge in [-0.15, -0.1) is 12.4 Å². The number of carbonyl (C=O) groups excluding carboxylic acids is 2. The van der Waals surface area contributed by atoms with E-state index in [0.717, 1.165) is 25.9 Å². The van der Waals surface area contributed by atoms with Crippen LogP contribution in [-0.4, -0.2) is 37.5 Å². The third-order valence-corrected chi connectivity index (χ3v) is 3.21. The molecule has 1 heterocycles. The van der Waals surface area contributed by atoms with Crippen LogP contribution in [0.25, 0.3) is 0 Å². The first-order chi connectivity index (χ1) is 8.89. The lowest BCUT2D eigenvalue weighted by atomic mass is 9.96. The summed E-state index contributed by atoms with van der Waals surface area (Å²) in [4.78, 5) is 23.3. The Morgan fingerprint density at radius 3 is 2.55 bits per heavy atom. The van der Waals surface area contributed by atoms with E-state index in [0.29, 0.717) is 19.4 Å². The van der Waals surface area contributed by atoms with E-state index in [1.54, 1.807) is 0 Å². The zero-order valence-corrected chi connectivity index (χ0v) is 13.6. The SMILES string of the molecule is CC(C)(C)C(=O)NCCCC(=O)NC1CCCNC1.Cl. The molecule has 2 amide bonds. The average molecular weight is 306 g/mol. The summed E-state index contributed by atoms with van der Waals surface area (Å²) >= 11 is 0. The van der Waals surface area contributed by atoms with Gasteiger partial charge < -0.3 is 16.0 Å². The van der Waals surface area contributed by atoms with Crippen LogP contribution in [0.3, 0.4) is 0 Å². The molecule has 0 aromatic rings. The van der Waals surface area contributed by atoms with Crippen LogP contribution in [0.5, 0.6) is 0 Å². The Labute approximate surface area is 128 Å². The summed E-state index contributed by atoms with van der Waals surface area (Å²) in [6.45, 7) is 8.12. The topological polar surface area (TPSA) is 70.2 Å². The molecule has 20 heavy (non-hydrogen) atoms. The smallest absolute Gasteiger partial charge is 0.225 e. The summed E-state index contributed by atoms with van der Waals surface area (Å²) < 4.78 is 0. The molecule has 1 aliphatic heterocycles. The van der Waals surface area contributed by atoms with Gasteiger partial charge in [0.2, 0.25) is 11.8 Å². The van der Waals surface area contributed by atoms with Crippen molar-refractivity contribution in [3.8, 4) is 0 Å². The maximum Gasteiger partial charge on any atom is 0.225 e. The van der Waals surface area contributed by atoms with Gasteiger partial charge in [-0.1, -0.05) is 20.8 Å². The first kappa shape index (κ1) is 19.2. The molecule has 1 rings (SSSR count). The van der Waals surface area contributed by atoms with Gasteiger partial charge in [-0.3, -0.25) is 9.59 Å². The second kappa shape index (κ2) is 9.19. The Bertz CT molecular complexity index is 310. The van der Waals surface area contributed by atoms with E-state index < -0.39 is 0 Å². The lowest BCUT2D eigenvalue weighted by molar-refractivity contribution is -0.128. The third kappa shape index (κ3) is 7.70. The Morgan fingerprint density at radius 1 is 1.30 bits per heavy atom. The molecule has 0 aromatic carbocycles. The Kier molecular flexibility index (Phi) is 8.81. The minimum absolute atomic E-state index is 0. The second-order valence-corrected chi connectivity index (χ2v) is 6.22. The van der Waals surface area contributed by atoms with E-state index in [4.69, 9.17) is 0 Å².